The van der Waals surface area contributed by atoms with Crippen molar-refractivity contribution in [2.75, 3.05) is 0 Å². The van der Waals surface area contributed by atoms with Gasteiger partial charge in [0.05, 0.1) is 17.8 Å². The zero-order chi connectivity index (χ0) is 20.4. The van der Waals surface area contributed by atoms with Crippen molar-refractivity contribution in [1.29, 1.82) is 0 Å². The average molecular weight is 381 g/mol. The van der Waals surface area contributed by atoms with Gasteiger partial charge in [-0.3, -0.25) is 4.79 Å². The average Bonchev–Trinajstić information content (AvgIpc) is 2.52. The highest BCUT2D eigenvalue weighted by atomic mass is 16.6. The molecule has 0 aromatic heterocycles. The molecule has 5 heteroatoms. The van der Waals surface area contributed by atoms with Crippen LogP contribution >= 0.6 is 0 Å². The third-order valence-electron chi connectivity index (χ3n) is 8.12. The molecule has 3 fully saturated rings. The first kappa shape index (κ1) is 20.8. The van der Waals surface area contributed by atoms with Crippen molar-refractivity contribution in [3.05, 3.63) is 12.7 Å². The molecule has 2 saturated carbocycles. The Labute approximate surface area is 163 Å². The zero-order valence-corrected chi connectivity index (χ0v) is 17.6. The fraction of sp³-hybridized carbons (Fsp3) is 0.864. The SMILES string of the molecule is C=C[C@]1(C)O[C@@]2(C)C[C@H](O)[C@@H]3C(C)(C)[C@H](O)CC[C@@]3(C)[C@@H]2C[C@H]1OC(C)=O. The van der Waals surface area contributed by atoms with Crippen LogP contribution in [0.25, 0.3) is 0 Å². The Bertz CT molecular complexity index is 630. The van der Waals surface area contributed by atoms with E-state index in [4.69, 9.17) is 9.47 Å². The Hall–Kier alpha value is -0.910. The molecular formula is C22H36O5. The van der Waals surface area contributed by atoms with Gasteiger partial charge in [0.1, 0.15) is 11.7 Å². The summed E-state index contributed by atoms with van der Waals surface area (Å²) in [4.78, 5) is 11.7. The number of esters is 1. The molecule has 0 amide bonds. The second-order valence-corrected chi connectivity index (χ2v) is 10.3. The number of hydrogen-bond acceptors (Lipinski definition) is 5. The molecule has 0 spiro atoms. The number of hydrogen-bond donors (Lipinski definition) is 2. The quantitative estimate of drug-likeness (QED) is 0.568. The van der Waals surface area contributed by atoms with Crippen LogP contribution in [-0.4, -0.2) is 45.7 Å². The van der Waals surface area contributed by atoms with Crippen LogP contribution in [0.15, 0.2) is 12.7 Å². The fourth-order valence-corrected chi connectivity index (χ4v) is 6.92. The van der Waals surface area contributed by atoms with Crippen LogP contribution in [0.2, 0.25) is 0 Å². The summed E-state index contributed by atoms with van der Waals surface area (Å²) in [6, 6.07) is 0. The number of ether oxygens (including phenoxy) is 2. The van der Waals surface area contributed by atoms with Crippen molar-refractivity contribution in [1.82, 2.24) is 0 Å². The standard InChI is InChI=1S/C22H36O5/c1-8-21(6)17(26-13(2)23)11-15-20(5)10-9-16(25)19(3,4)18(20)14(24)12-22(15,7)27-21/h8,14-18,24-25H,1,9-12H2,2-7H3/t14-,15-,16+,17+,18+,20-,21-,22-/m0/s1. The van der Waals surface area contributed by atoms with Gasteiger partial charge in [0, 0.05) is 13.3 Å². The Kier molecular flexibility index (Phi) is 4.85. The molecule has 3 aliphatic rings. The van der Waals surface area contributed by atoms with E-state index in [0.29, 0.717) is 19.3 Å². The van der Waals surface area contributed by atoms with Gasteiger partial charge in [-0.1, -0.05) is 26.8 Å². The molecule has 0 bridgehead atoms. The molecule has 1 saturated heterocycles. The fourth-order valence-electron chi connectivity index (χ4n) is 6.92. The maximum Gasteiger partial charge on any atom is 0.303 e. The summed E-state index contributed by atoms with van der Waals surface area (Å²) in [5.74, 6) is -0.249. The normalized spacial score (nSPS) is 51.6. The van der Waals surface area contributed by atoms with E-state index in [2.05, 4.69) is 34.3 Å². The predicted molar refractivity (Wildman–Crippen MR) is 103 cm³/mol. The predicted octanol–water partition coefficient (Wildman–Crippen LogP) is 3.23. The second-order valence-electron chi connectivity index (χ2n) is 10.3. The number of fused-ring (bicyclic) bond motifs is 3. The molecule has 3 rings (SSSR count). The minimum Gasteiger partial charge on any atom is -0.459 e. The minimum atomic E-state index is -0.788. The van der Waals surface area contributed by atoms with E-state index in [1.54, 1.807) is 6.08 Å². The third kappa shape index (κ3) is 2.97. The number of aliphatic hydroxyl groups is 2. The molecule has 1 heterocycles. The molecule has 5 nitrogen and oxygen atoms in total. The molecule has 154 valence electrons. The van der Waals surface area contributed by atoms with Crippen molar-refractivity contribution < 1.29 is 24.5 Å². The van der Waals surface area contributed by atoms with Gasteiger partial charge < -0.3 is 19.7 Å². The molecule has 0 aromatic carbocycles. The van der Waals surface area contributed by atoms with Crippen LogP contribution in [0.3, 0.4) is 0 Å². The van der Waals surface area contributed by atoms with E-state index in [1.807, 2.05) is 6.92 Å². The molecule has 2 aliphatic carbocycles. The maximum absolute atomic E-state index is 11.7. The summed E-state index contributed by atoms with van der Waals surface area (Å²) in [6.45, 7) is 15.7. The van der Waals surface area contributed by atoms with Crippen molar-refractivity contribution in [2.45, 2.75) is 96.7 Å². The van der Waals surface area contributed by atoms with Crippen LogP contribution in [0, 0.1) is 22.7 Å². The lowest BCUT2D eigenvalue weighted by Crippen LogP contribution is -2.70. The number of carbonyl (C=O) groups excluding carboxylic acids is 1. The van der Waals surface area contributed by atoms with E-state index in [9.17, 15) is 15.0 Å². The topological polar surface area (TPSA) is 76.0 Å². The first-order valence-corrected chi connectivity index (χ1v) is 10.2. The van der Waals surface area contributed by atoms with Gasteiger partial charge in [0.25, 0.3) is 0 Å². The molecule has 0 aromatic rings. The molecule has 0 unspecified atom stereocenters. The summed E-state index contributed by atoms with van der Waals surface area (Å²) in [5.41, 5.74) is -1.92. The Morgan fingerprint density at radius 1 is 1.22 bits per heavy atom. The Balaban J connectivity index is 2.05. The summed E-state index contributed by atoms with van der Waals surface area (Å²) >= 11 is 0. The van der Waals surface area contributed by atoms with Gasteiger partial charge >= 0.3 is 5.97 Å². The summed E-state index contributed by atoms with van der Waals surface area (Å²) in [7, 11) is 0. The first-order chi connectivity index (χ1) is 12.3. The van der Waals surface area contributed by atoms with Gasteiger partial charge in [0.2, 0.25) is 0 Å². The van der Waals surface area contributed by atoms with E-state index in [0.717, 1.165) is 6.42 Å². The van der Waals surface area contributed by atoms with Crippen LogP contribution in [-0.2, 0) is 14.3 Å². The lowest BCUT2D eigenvalue weighted by Gasteiger charge is -2.67. The second kappa shape index (κ2) is 6.30. The molecule has 0 radical (unpaired) electrons. The van der Waals surface area contributed by atoms with Gasteiger partial charge in [-0.05, 0) is 55.8 Å². The van der Waals surface area contributed by atoms with E-state index in [1.165, 1.54) is 6.92 Å². The van der Waals surface area contributed by atoms with Crippen molar-refractivity contribution in [2.24, 2.45) is 22.7 Å². The molecule has 27 heavy (non-hydrogen) atoms. The molecule has 2 N–H and O–H groups in total. The van der Waals surface area contributed by atoms with Crippen LogP contribution in [0.1, 0.15) is 67.2 Å². The smallest absolute Gasteiger partial charge is 0.303 e. The van der Waals surface area contributed by atoms with Gasteiger partial charge in [-0.2, -0.15) is 0 Å². The number of rotatable bonds is 2. The van der Waals surface area contributed by atoms with E-state index >= 15 is 0 Å². The van der Waals surface area contributed by atoms with Gasteiger partial charge in [-0.25, -0.2) is 0 Å². The van der Waals surface area contributed by atoms with Crippen molar-refractivity contribution >= 4 is 5.97 Å². The van der Waals surface area contributed by atoms with E-state index < -0.39 is 29.5 Å². The highest BCUT2D eigenvalue weighted by molar-refractivity contribution is 5.66. The van der Waals surface area contributed by atoms with Gasteiger partial charge in [0.15, 0.2) is 0 Å². The van der Waals surface area contributed by atoms with Crippen LogP contribution in [0.5, 0.6) is 0 Å². The third-order valence-corrected chi connectivity index (χ3v) is 8.12. The first-order valence-electron chi connectivity index (χ1n) is 10.2. The summed E-state index contributed by atoms with van der Waals surface area (Å²) in [6.07, 6.45) is 3.03. The number of aliphatic hydroxyl groups excluding tert-OH is 2. The summed E-state index contributed by atoms with van der Waals surface area (Å²) in [5, 5.41) is 21.8. The molecule has 8 atom stereocenters. The Morgan fingerprint density at radius 3 is 2.41 bits per heavy atom. The molecule has 1 aliphatic heterocycles. The largest absolute Gasteiger partial charge is 0.459 e. The lowest BCUT2D eigenvalue weighted by molar-refractivity contribution is -0.309. The van der Waals surface area contributed by atoms with E-state index in [-0.39, 0.29) is 28.6 Å². The highest BCUT2D eigenvalue weighted by Gasteiger charge is 2.67. The molecular weight excluding hydrogens is 344 g/mol. The minimum absolute atomic E-state index is 0.0403. The number of carbonyl (C=O) groups is 1. The van der Waals surface area contributed by atoms with Crippen LogP contribution < -0.4 is 0 Å². The van der Waals surface area contributed by atoms with Crippen LogP contribution in [0.4, 0.5) is 0 Å². The highest BCUT2D eigenvalue weighted by Crippen LogP contribution is 2.65. The Morgan fingerprint density at radius 2 is 1.85 bits per heavy atom. The lowest BCUT2D eigenvalue weighted by atomic mass is 9.43. The summed E-state index contributed by atoms with van der Waals surface area (Å²) < 4.78 is 12.3. The maximum atomic E-state index is 11.7. The monoisotopic (exact) mass is 380 g/mol. The zero-order valence-electron chi connectivity index (χ0n) is 17.6. The van der Waals surface area contributed by atoms with Crippen molar-refractivity contribution in [3.8, 4) is 0 Å². The van der Waals surface area contributed by atoms with Gasteiger partial charge in [-0.15, -0.1) is 6.58 Å². The van der Waals surface area contributed by atoms with Crippen molar-refractivity contribution in [3.63, 3.8) is 0 Å².